The first-order valence-corrected chi connectivity index (χ1v) is 11.3. The minimum atomic E-state index is -0.560. The van der Waals surface area contributed by atoms with Crippen LogP contribution in [0.2, 0.25) is 0 Å². The van der Waals surface area contributed by atoms with Crippen LogP contribution in [0.4, 0.5) is 16.3 Å². The summed E-state index contributed by atoms with van der Waals surface area (Å²) in [5.41, 5.74) is 7.41. The fraction of sp³-hybridized carbons (Fsp3) is 0.346. The zero-order chi connectivity index (χ0) is 24.3. The third-order valence-electron chi connectivity index (χ3n) is 5.53. The predicted octanol–water partition coefficient (Wildman–Crippen LogP) is 6.05. The van der Waals surface area contributed by atoms with E-state index in [1.165, 1.54) is 0 Å². The van der Waals surface area contributed by atoms with Crippen molar-refractivity contribution in [1.82, 2.24) is 14.7 Å². The fourth-order valence-corrected chi connectivity index (χ4v) is 3.97. The molecule has 0 saturated carbocycles. The second kappa shape index (κ2) is 9.48. The SMILES string of the molecule is [C-]#[N+]c1c(-c2ccc(Oc3ccccc3)cc2)nn(C2CCCN(C(=O)OC(C)(C)C)C2)c1N. The number of nitrogens with zero attached hydrogens (tertiary/aromatic N) is 4. The van der Waals surface area contributed by atoms with Gasteiger partial charge in [-0.2, -0.15) is 5.10 Å². The minimum Gasteiger partial charge on any atom is -0.457 e. The smallest absolute Gasteiger partial charge is 0.410 e. The number of para-hydroxylation sites is 1. The Morgan fingerprint density at radius 2 is 1.79 bits per heavy atom. The Labute approximate surface area is 199 Å². The molecule has 0 spiro atoms. The first-order chi connectivity index (χ1) is 16.2. The van der Waals surface area contributed by atoms with Gasteiger partial charge in [-0.15, -0.1) is 0 Å². The molecular formula is C26H29N5O3. The van der Waals surface area contributed by atoms with Crippen molar-refractivity contribution in [3.63, 3.8) is 0 Å². The van der Waals surface area contributed by atoms with Crippen LogP contribution >= 0.6 is 0 Å². The molecule has 0 bridgehead atoms. The van der Waals surface area contributed by atoms with Gasteiger partial charge in [0.2, 0.25) is 0 Å². The number of hydrogen-bond donors (Lipinski definition) is 1. The highest BCUT2D eigenvalue weighted by Gasteiger charge is 2.31. The van der Waals surface area contributed by atoms with Crippen molar-refractivity contribution >= 4 is 17.6 Å². The molecule has 0 radical (unpaired) electrons. The van der Waals surface area contributed by atoms with Crippen LogP contribution in [-0.4, -0.2) is 39.5 Å². The summed E-state index contributed by atoms with van der Waals surface area (Å²) in [4.78, 5) is 17.9. The summed E-state index contributed by atoms with van der Waals surface area (Å²) in [5.74, 6) is 1.75. The van der Waals surface area contributed by atoms with Crippen molar-refractivity contribution in [2.24, 2.45) is 0 Å². The van der Waals surface area contributed by atoms with Crippen LogP contribution in [0.15, 0.2) is 54.6 Å². The number of rotatable bonds is 4. The van der Waals surface area contributed by atoms with Gasteiger partial charge in [0.05, 0.1) is 12.6 Å². The molecule has 8 heteroatoms. The summed E-state index contributed by atoms with van der Waals surface area (Å²) in [6.45, 7) is 14.3. The molecule has 4 rings (SSSR count). The molecule has 1 fully saturated rings. The first-order valence-electron chi connectivity index (χ1n) is 11.3. The number of amides is 1. The maximum atomic E-state index is 12.6. The lowest BCUT2D eigenvalue weighted by atomic mass is 10.1. The topological polar surface area (TPSA) is 87.0 Å². The first kappa shape index (κ1) is 23.2. The molecular weight excluding hydrogens is 430 g/mol. The second-order valence-electron chi connectivity index (χ2n) is 9.30. The van der Waals surface area contributed by atoms with Gasteiger partial charge in [-0.3, -0.25) is 4.68 Å². The van der Waals surface area contributed by atoms with E-state index in [2.05, 4.69) is 4.85 Å². The Morgan fingerprint density at radius 1 is 1.12 bits per heavy atom. The van der Waals surface area contributed by atoms with E-state index in [9.17, 15) is 4.79 Å². The number of benzene rings is 2. The van der Waals surface area contributed by atoms with Crippen molar-refractivity contribution in [3.05, 3.63) is 66.0 Å². The highest BCUT2D eigenvalue weighted by atomic mass is 16.6. The summed E-state index contributed by atoms with van der Waals surface area (Å²) >= 11 is 0. The number of carbonyl (C=O) groups excluding carboxylic acids is 1. The normalized spacial score (nSPS) is 16.1. The summed E-state index contributed by atoms with van der Waals surface area (Å²) in [5, 5.41) is 4.71. The highest BCUT2D eigenvalue weighted by Crippen LogP contribution is 2.38. The van der Waals surface area contributed by atoms with Gasteiger partial charge >= 0.3 is 6.09 Å². The molecule has 3 aromatic rings. The van der Waals surface area contributed by atoms with Crippen molar-refractivity contribution in [3.8, 4) is 22.8 Å². The fourth-order valence-electron chi connectivity index (χ4n) is 3.97. The molecule has 2 N–H and O–H groups in total. The molecule has 1 aliphatic rings. The molecule has 1 saturated heterocycles. The molecule has 2 heterocycles. The van der Waals surface area contributed by atoms with E-state index < -0.39 is 5.60 Å². The number of ether oxygens (including phenoxy) is 2. The largest absolute Gasteiger partial charge is 0.457 e. The third kappa shape index (κ3) is 5.15. The van der Waals surface area contributed by atoms with Gasteiger partial charge in [-0.1, -0.05) is 30.3 Å². The molecule has 2 aromatic carbocycles. The van der Waals surface area contributed by atoms with E-state index in [0.29, 0.717) is 36.0 Å². The molecule has 34 heavy (non-hydrogen) atoms. The van der Waals surface area contributed by atoms with Crippen LogP contribution in [0.1, 0.15) is 39.7 Å². The van der Waals surface area contributed by atoms with E-state index in [-0.39, 0.29) is 12.1 Å². The molecule has 8 nitrogen and oxygen atoms in total. The van der Waals surface area contributed by atoms with E-state index in [4.69, 9.17) is 26.9 Å². The summed E-state index contributed by atoms with van der Waals surface area (Å²) < 4.78 is 13.1. The van der Waals surface area contributed by atoms with Crippen LogP contribution < -0.4 is 10.5 Å². The Morgan fingerprint density at radius 3 is 2.44 bits per heavy atom. The predicted molar refractivity (Wildman–Crippen MR) is 131 cm³/mol. The Hall–Kier alpha value is -3.99. The summed E-state index contributed by atoms with van der Waals surface area (Å²) in [6.07, 6.45) is 1.27. The maximum absolute atomic E-state index is 12.6. The van der Waals surface area contributed by atoms with Crippen LogP contribution in [0, 0.1) is 6.57 Å². The van der Waals surface area contributed by atoms with Crippen LogP contribution in [0.3, 0.4) is 0 Å². The molecule has 0 aliphatic carbocycles. The second-order valence-corrected chi connectivity index (χ2v) is 9.30. The number of nitrogens with two attached hydrogens (primary N) is 1. The van der Waals surface area contributed by atoms with Gasteiger partial charge in [0.25, 0.3) is 5.69 Å². The monoisotopic (exact) mass is 459 g/mol. The third-order valence-corrected chi connectivity index (χ3v) is 5.53. The van der Waals surface area contributed by atoms with Gasteiger partial charge in [0, 0.05) is 13.1 Å². The van der Waals surface area contributed by atoms with Crippen molar-refractivity contribution < 1.29 is 14.3 Å². The Kier molecular flexibility index (Phi) is 6.46. The molecule has 1 atom stereocenters. The van der Waals surface area contributed by atoms with Crippen LogP contribution in [0.5, 0.6) is 11.5 Å². The lowest BCUT2D eigenvalue weighted by Crippen LogP contribution is -2.43. The zero-order valence-corrected chi connectivity index (χ0v) is 19.7. The molecule has 176 valence electrons. The number of hydrogen-bond acceptors (Lipinski definition) is 5. The molecule has 1 aromatic heterocycles. The quantitative estimate of drug-likeness (QED) is 0.480. The standard InChI is InChI=1S/C26H29N5O3/c1-26(2,3)34-25(32)30-16-8-9-19(17-30)31-24(27)23(28-4)22(29-31)18-12-14-21(15-13-18)33-20-10-6-5-7-11-20/h5-7,10-15,19H,8-9,16-17,27H2,1-3H3. The molecule has 1 amide bonds. The number of piperidine rings is 1. The van der Waals surface area contributed by atoms with E-state index in [1.807, 2.05) is 75.4 Å². The number of aromatic nitrogens is 2. The van der Waals surface area contributed by atoms with Crippen molar-refractivity contribution in [2.75, 3.05) is 18.8 Å². The highest BCUT2D eigenvalue weighted by molar-refractivity contribution is 5.83. The maximum Gasteiger partial charge on any atom is 0.410 e. The van der Waals surface area contributed by atoms with Crippen molar-refractivity contribution in [1.29, 1.82) is 0 Å². The number of anilines is 1. The lowest BCUT2D eigenvalue weighted by Gasteiger charge is -2.34. The summed E-state index contributed by atoms with van der Waals surface area (Å²) in [7, 11) is 0. The molecule has 1 aliphatic heterocycles. The Balaban J connectivity index is 1.55. The number of carbonyl (C=O) groups is 1. The zero-order valence-electron chi connectivity index (χ0n) is 19.7. The van der Waals surface area contributed by atoms with Gasteiger partial charge in [0.15, 0.2) is 0 Å². The van der Waals surface area contributed by atoms with Crippen molar-refractivity contribution in [2.45, 2.75) is 45.3 Å². The van der Waals surface area contributed by atoms with Gasteiger partial charge in [-0.25, -0.2) is 9.64 Å². The van der Waals surface area contributed by atoms with Crippen LogP contribution in [-0.2, 0) is 4.74 Å². The van der Waals surface area contributed by atoms with Gasteiger partial charge in [0.1, 0.15) is 28.6 Å². The number of nitrogen functional groups attached to an aromatic ring is 1. The molecule has 1 unspecified atom stereocenters. The minimum absolute atomic E-state index is 0.129. The van der Waals surface area contributed by atoms with Crippen LogP contribution in [0.25, 0.3) is 16.1 Å². The number of likely N-dealkylation sites (tertiary alicyclic amines) is 1. The average molecular weight is 460 g/mol. The van der Waals surface area contributed by atoms with Gasteiger partial charge in [-0.05, 0) is 63.4 Å². The van der Waals surface area contributed by atoms with E-state index in [0.717, 1.165) is 24.2 Å². The van der Waals surface area contributed by atoms with E-state index >= 15 is 0 Å². The average Bonchev–Trinajstić information content (AvgIpc) is 3.15. The Bertz CT molecular complexity index is 1190. The summed E-state index contributed by atoms with van der Waals surface area (Å²) in [6, 6.07) is 16.8. The lowest BCUT2D eigenvalue weighted by molar-refractivity contribution is 0.0168. The van der Waals surface area contributed by atoms with E-state index in [1.54, 1.807) is 9.58 Å². The van der Waals surface area contributed by atoms with Gasteiger partial charge < -0.3 is 20.1 Å².